The maximum Gasteiger partial charge on any atom is 0.237 e. The van der Waals surface area contributed by atoms with Crippen LogP contribution >= 0.6 is 11.8 Å². The van der Waals surface area contributed by atoms with Gasteiger partial charge in [-0.15, -0.1) is 0 Å². The minimum atomic E-state index is 0.0706. The van der Waals surface area contributed by atoms with Crippen LogP contribution in [0.2, 0.25) is 0 Å². The first-order chi connectivity index (χ1) is 6.86. The van der Waals surface area contributed by atoms with Crippen LogP contribution in [-0.4, -0.2) is 36.0 Å². The molecule has 2 rings (SSSR count). The fraction of sp³-hybridized carbons (Fsp3) is 0.900. The van der Waals surface area contributed by atoms with E-state index in [1.54, 1.807) is 0 Å². The molecule has 0 saturated carbocycles. The van der Waals surface area contributed by atoms with Gasteiger partial charge in [-0.25, -0.2) is 0 Å². The molecule has 0 radical (unpaired) electrons. The van der Waals surface area contributed by atoms with Crippen molar-refractivity contribution >= 4 is 17.7 Å². The zero-order valence-corrected chi connectivity index (χ0v) is 9.24. The Kier molecular flexibility index (Phi) is 3.70. The number of rotatable bonds is 2. The van der Waals surface area contributed by atoms with E-state index in [0.717, 1.165) is 25.8 Å². The highest BCUT2D eigenvalue weighted by atomic mass is 32.2. The molecule has 14 heavy (non-hydrogen) atoms. The van der Waals surface area contributed by atoms with Crippen LogP contribution in [0.3, 0.4) is 0 Å². The molecule has 2 atom stereocenters. The highest BCUT2D eigenvalue weighted by Gasteiger charge is 2.25. The average molecular weight is 214 g/mol. The maximum absolute atomic E-state index is 11.6. The monoisotopic (exact) mass is 214 g/mol. The van der Waals surface area contributed by atoms with Crippen LogP contribution in [0.25, 0.3) is 0 Å². The van der Waals surface area contributed by atoms with Crippen LogP contribution in [0.1, 0.15) is 25.7 Å². The molecule has 3 nitrogen and oxygen atoms in total. The zero-order chi connectivity index (χ0) is 9.80. The van der Waals surface area contributed by atoms with Gasteiger partial charge in [-0.3, -0.25) is 4.79 Å². The highest BCUT2D eigenvalue weighted by Crippen LogP contribution is 2.18. The zero-order valence-electron chi connectivity index (χ0n) is 8.42. The van der Waals surface area contributed by atoms with E-state index in [9.17, 15) is 4.79 Å². The van der Waals surface area contributed by atoms with Gasteiger partial charge in [0.2, 0.25) is 5.91 Å². The normalized spacial score (nSPS) is 33.9. The summed E-state index contributed by atoms with van der Waals surface area (Å²) < 4.78 is 0. The Hall–Kier alpha value is -0.220. The SMILES string of the molecule is O=C1NCCCC[C@@H]1N[C@@H]1CCSC1. The predicted octanol–water partition coefficient (Wildman–Crippen LogP) is 0.750. The van der Waals surface area contributed by atoms with Crippen molar-refractivity contribution in [2.24, 2.45) is 0 Å². The maximum atomic E-state index is 11.6. The Morgan fingerprint density at radius 1 is 1.36 bits per heavy atom. The Bertz CT molecular complexity index is 204. The van der Waals surface area contributed by atoms with Crippen molar-refractivity contribution < 1.29 is 4.79 Å². The van der Waals surface area contributed by atoms with Crippen molar-refractivity contribution in [1.82, 2.24) is 10.6 Å². The van der Waals surface area contributed by atoms with Gasteiger partial charge in [0.1, 0.15) is 0 Å². The Balaban J connectivity index is 1.84. The van der Waals surface area contributed by atoms with Crippen LogP contribution < -0.4 is 10.6 Å². The Morgan fingerprint density at radius 3 is 3.07 bits per heavy atom. The van der Waals surface area contributed by atoms with E-state index in [4.69, 9.17) is 0 Å². The molecule has 4 heteroatoms. The minimum absolute atomic E-state index is 0.0706. The number of hydrogen-bond acceptors (Lipinski definition) is 3. The van der Waals surface area contributed by atoms with Crippen molar-refractivity contribution in [1.29, 1.82) is 0 Å². The van der Waals surface area contributed by atoms with Gasteiger partial charge in [0.05, 0.1) is 6.04 Å². The van der Waals surface area contributed by atoms with Crippen LogP contribution in [0.4, 0.5) is 0 Å². The first-order valence-corrected chi connectivity index (χ1v) is 6.63. The standard InChI is InChI=1S/C10H18N2OS/c13-10-9(3-1-2-5-11-10)12-8-4-6-14-7-8/h8-9,12H,1-7H2,(H,11,13)/t8-,9+/m1/s1. The summed E-state index contributed by atoms with van der Waals surface area (Å²) in [5.74, 6) is 2.62. The van der Waals surface area contributed by atoms with Gasteiger partial charge in [-0.2, -0.15) is 11.8 Å². The fourth-order valence-corrected chi connectivity index (χ4v) is 3.21. The molecule has 0 aliphatic carbocycles. The molecule has 0 aromatic rings. The second kappa shape index (κ2) is 5.03. The minimum Gasteiger partial charge on any atom is -0.355 e. The molecular weight excluding hydrogens is 196 g/mol. The number of carbonyl (C=O) groups excluding carboxylic acids is 1. The van der Waals surface area contributed by atoms with Gasteiger partial charge >= 0.3 is 0 Å². The molecule has 0 aromatic carbocycles. The van der Waals surface area contributed by atoms with E-state index in [2.05, 4.69) is 10.6 Å². The van der Waals surface area contributed by atoms with E-state index < -0.39 is 0 Å². The summed E-state index contributed by atoms with van der Waals surface area (Å²) in [6, 6.07) is 0.634. The van der Waals surface area contributed by atoms with E-state index in [1.807, 2.05) is 11.8 Å². The third-order valence-electron chi connectivity index (χ3n) is 2.90. The first kappa shape index (κ1) is 10.3. The second-order valence-corrected chi connectivity index (χ2v) is 5.22. The van der Waals surface area contributed by atoms with Crippen molar-refractivity contribution in [3.8, 4) is 0 Å². The lowest BCUT2D eigenvalue weighted by Crippen LogP contribution is -2.47. The molecule has 0 bridgehead atoms. The largest absolute Gasteiger partial charge is 0.355 e. The van der Waals surface area contributed by atoms with Crippen LogP contribution in [-0.2, 0) is 4.79 Å². The highest BCUT2D eigenvalue weighted by molar-refractivity contribution is 7.99. The predicted molar refractivity (Wildman–Crippen MR) is 59.5 cm³/mol. The molecule has 0 spiro atoms. The summed E-state index contributed by atoms with van der Waals surface area (Å²) >= 11 is 1.98. The third-order valence-corrected chi connectivity index (χ3v) is 4.06. The van der Waals surface area contributed by atoms with E-state index in [0.29, 0.717) is 6.04 Å². The lowest BCUT2D eigenvalue weighted by molar-refractivity contribution is -0.123. The summed E-state index contributed by atoms with van der Waals surface area (Å²) in [6.07, 6.45) is 4.51. The van der Waals surface area contributed by atoms with Gasteiger partial charge in [0.25, 0.3) is 0 Å². The molecule has 2 N–H and O–H groups in total. The van der Waals surface area contributed by atoms with E-state index >= 15 is 0 Å². The quantitative estimate of drug-likeness (QED) is 0.713. The van der Waals surface area contributed by atoms with Crippen molar-refractivity contribution in [3.63, 3.8) is 0 Å². The van der Waals surface area contributed by atoms with Crippen molar-refractivity contribution in [2.45, 2.75) is 37.8 Å². The molecule has 0 unspecified atom stereocenters. The summed E-state index contributed by atoms with van der Waals surface area (Å²) in [5, 5.41) is 6.43. The molecule has 2 aliphatic heterocycles. The van der Waals surface area contributed by atoms with Gasteiger partial charge in [-0.05, 0) is 31.4 Å². The van der Waals surface area contributed by atoms with Crippen LogP contribution in [0, 0.1) is 0 Å². The fourth-order valence-electron chi connectivity index (χ4n) is 2.05. The van der Waals surface area contributed by atoms with Gasteiger partial charge < -0.3 is 10.6 Å². The molecule has 1 amide bonds. The smallest absolute Gasteiger partial charge is 0.237 e. The Morgan fingerprint density at radius 2 is 2.29 bits per heavy atom. The molecular formula is C10H18N2OS. The number of thioether (sulfide) groups is 1. The molecule has 2 saturated heterocycles. The van der Waals surface area contributed by atoms with Crippen molar-refractivity contribution in [3.05, 3.63) is 0 Å². The number of nitrogens with one attached hydrogen (secondary N) is 2. The topological polar surface area (TPSA) is 41.1 Å². The molecule has 2 aliphatic rings. The third kappa shape index (κ3) is 2.64. The molecule has 0 aromatic heterocycles. The number of amides is 1. The van der Waals surface area contributed by atoms with Crippen molar-refractivity contribution in [2.75, 3.05) is 18.1 Å². The molecule has 2 heterocycles. The number of carbonyl (C=O) groups is 1. The lowest BCUT2D eigenvalue weighted by Gasteiger charge is -2.19. The van der Waals surface area contributed by atoms with Crippen LogP contribution in [0.5, 0.6) is 0 Å². The van der Waals surface area contributed by atoms with E-state index in [-0.39, 0.29) is 11.9 Å². The van der Waals surface area contributed by atoms with E-state index in [1.165, 1.54) is 17.9 Å². The second-order valence-electron chi connectivity index (χ2n) is 4.07. The average Bonchev–Trinajstić information content (AvgIpc) is 2.60. The van der Waals surface area contributed by atoms with Gasteiger partial charge in [0, 0.05) is 18.3 Å². The Labute approximate surface area is 89.4 Å². The van der Waals surface area contributed by atoms with Gasteiger partial charge in [0.15, 0.2) is 0 Å². The summed E-state index contributed by atoms with van der Waals surface area (Å²) in [5.41, 5.74) is 0. The van der Waals surface area contributed by atoms with Crippen LogP contribution in [0.15, 0.2) is 0 Å². The number of hydrogen-bond donors (Lipinski definition) is 2. The lowest BCUT2D eigenvalue weighted by atomic mass is 10.1. The molecule has 80 valence electrons. The summed E-state index contributed by atoms with van der Waals surface area (Å²) in [6.45, 7) is 0.858. The summed E-state index contributed by atoms with van der Waals surface area (Å²) in [7, 11) is 0. The summed E-state index contributed by atoms with van der Waals surface area (Å²) in [4.78, 5) is 11.6. The molecule has 2 fully saturated rings. The first-order valence-electron chi connectivity index (χ1n) is 5.48. The van der Waals surface area contributed by atoms with Gasteiger partial charge in [-0.1, -0.05) is 0 Å².